The van der Waals surface area contributed by atoms with Crippen molar-refractivity contribution in [2.24, 2.45) is 9.98 Å². The van der Waals surface area contributed by atoms with Crippen LogP contribution in [0.1, 0.15) is 5.56 Å². The highest BCUT2D eigenvalue weighted by molar-refractivity contribution is 6.65. The van der Waals surface area contributed by atoms with Crippen LogP contribution >= 0.6 is 23.2 Å². The van der Waals surface area contributed by atoms with Gasteiger partial charge in [-0.25, -0.2) is 9.98 Å². The first-order valence-electron chi connectivity index (χ1n) is 4.47. The molecule has 78 valence electrons. The highest BCUT2D eigenvalue weighted by Gasteiger charge is 2.05. The van der Waals surface area contributed by atoms with Gasteiger partial charge in [-0.05, 0) is 29.3 Å². The Morgan fingerprint density at radius 1 is 1.20 bits per heavy atom. The second kappa shape index (κ2) is 4.64. The molecule has 0 fully saturated rings. The van der Waals surface area contributed by atoms with Crippen LogP contribution in [-0.2, 0) is 6.54 Å². The van der Waals surface area contributed by atoms with Gasteiger partial charge >= 0.3 is 0 Å². The van der Waals surface area contributed by atoms with E-state index >= 15 is 0 Å². The molecule has 3 nitrogen and oxygen atoms in total. The third kappa shape index (κ3) is 2.94. The summed E-state index contributed by atoms with van der Waals surface area (Å²) < 4.78 is 0. The number of hydrogen-bond donors (Lipinski definition) is 0. The number of rotatable bonds is 2. The normalized spacial score (nSPS) is 15.3. The maximum absolute atomic E-state index is 5.79. The highest BCUT2D eigenvalue weighted by atomic mass is 35.5. The zero-order valence-corrected chi connectivity index (χ0v) is 9.41. The van der Waals surface area contributed by atoms with Crippen LogP contribution in [0.3, 0.4) is 0 Å². The molecule has 0 radical (unpaired) electrons. The Kier molecular flexibility index (Phi) is 3.23. The van der Waals surface area contributed by atoms with Crippen LogP contribution in [-0.4, -0.2) is 23.2 Å². The van der Waals surface area contributed by atoms with Gasteiger partial charge in [0, 0.05) is 11.6 Å². The van der Waals surface area contributed by atoms with Crippen molar-refractivity contribution in [3.63, 3.8) is 0 Å². The predicted molar refractivity (Wildman–Crippen MR) is 63.6 cm³/mol. The smallest absolute Gasteiger partial charge is 0.220 e. The minimum absolute atomic E-state index is 0.308. The topological polar surface area (TPSA) is 28.0 Å². The molecule has 0 spiro atoms. The van der Waals surface area contributed by atoms with Crippen LogP contribution in [0.25, 0.3) is 0 Å². The Labute approximate surface area is 98.0 Å². The van der Waals surface area contributed by atoms with Crippen LogP contribution in [0, 0.1) is 0 Å². The van der Waals surface area contributed by atoms with Gasteiger partial charge in [0.1, 0.15) is 6.67 Å². The molecule has 2 rings (SSSR count). The second-order valence-corrected chi connectivity index (χ2v) is 3.96. The third-order valence-electron chi connectivity index (χ3n) is 2.01. The molecule has 0 saturated carbocycles. The number of hydrogen-bond acceptors (Lipinski definition) is 3. The molecule has 0 amide bonds. The largest absolute Gasteiger partial charge is 0.339 e. The van der Waals surface area contributed by atoms with E-state index in [9.17, 15) is 0 Å². The second-order valence-electron chi connectivity index (χ2n) is 3.19. The molecule has 1 aromatic carbocycles. The Morgan fingerprint density at radius 2 is 1.93 bits per heavy atom. The van der Waals surface area contributed by atoms with Crippen molar-refractivity contribution in [3.05, 3.63) is 34.9 Å². The summed E-state index contributed by atoms with van der Waals surface area (Å²) in [4.78, 5) is 9.89. The first-order valence-corrected chi connectivity index (χ1v) is 5.22. The molecular formula is C10H9Cl2N3. The number of nitrogens with zero attached hydrogens (tertiary/aromatic N) is 3. The number of aliphatic imine (C=N–C) groups is 2. The van der Waals surface area contributed by atoms with Gasteiger partial charge in [0.05, 0.1) is 6.34 Å². The number of halogens is 2. The molecule has 5 heteroatoms. The monoisotopic (exact) mass is 241 g/mol. The van der Waals surface area contributed by atoms with Gasteiger partial charge < -0.3 is 4.90 Å². The summed E-state index contributed by atoms with van der Waals surface area (Å²) in [5.41, 5.74) is 1.17. The molecule has 1 aliphatic rings. The van der Waals surface area contributed by atoms with Gasteiger partial charge in [0.2, 0.25) is 5.29 Å². The first-order chi connectivity index (χ1) is 7.24. The average Bonchev–Trinajstić information content (AvgIpc) is 2.25. The van der Waals surface area contributed by atoms with E-state index < -0.39 is 0 Å². The fourth-order valence-electron chi connectivity index (χ4n) is 1.27. The Bertz CT molecular complexity index is 398. The number of benzene rings is 1. The summed E-state index contributed by atoms with van der Waals surface area (Å²) in [5, 5.41) is 1.05. The van der Waals surface area contributed by atoms with E-state index in [1.165, 1.54) is 5.56 Å². The van der Waals surface area contributed by atoms with Crippen molar-refractivity contribution >= 4 is 34.8 Å². The van der Waals surface area contributed by atoms with Crippen molar-refractivity contribution in [1.82, 2.24) is 4.90 Å². The van der Waals surface area contributed by atoms with Crippen LogP contribution in [0.15, 0.2) is 34.3 Å². The molecule has 0 aliphatic carbocycles. The molecule has 0 atom stereocenters. The van der Waals surface area contributed by atoms with E-state index in [0.717, 1.165) is 11.6 Å². The summed E-state index contributed by atoms with van der Waals surface area (Å²) in [7, 11) is 0. The lowest BCUT2D eigenvalue weighted by Gasteiger charge is -2.19. The first kappa shape index (κ1) is 10.5. The fourth-order valence-corrected chi connectivity index (χ4v) is 1.49. The fraction of sp³-hybridized carbons (Fsp3) is 0.200. The molecule has 0 N–H and O–H groups in total. The maximum atomic E-state index is 5.79. The van der Waals surface area contributed by atoms with Gasteiger partial charge in [0.25, 0.3) is 0 Å². The Hall–Kier alpha value is -1.06. The van der Waals surface area contributed by atoms with Crippen molar-refractivity contribution in [1.29, 1.82) is 0 Å². The van der Waals surface area contributed by atoms with Crippen LogP contribution in [0.5, 0.6) is 0 Å². The third-order valence-corrected chi connectivity index (χ3v) is 2.48. The lowest BCUT2D eigenvalue weighted by atomic mass is 10.2. The summed E-state index contributed by atoms with van der Waals surface area (Å²) in [6, 6.07) is 7.70. The van der Waals surface area contributed by atoms with Gasteiger partial charge in [-0.15, -0.1) is 0 Å². The van der Waals surface area contributed by atoms with Crippen molar-refractivity contribution in [2.75, 3.05) is 6.67 Å². The van der Waals surface area contributed by atoms with Gasteiger partial charge in [0.15, 0.2) is 0 Å². The van der Waals surface area contributed by atoms with Crippen molar-refractivity contribution in [2.45, 2.75) is 6.54 Å². The van der Waals surface area contributed by atoms with E-state index in [1.54, 1.807) is 6.34 Å². The molecule has 1 aliphatic heterocycles. The summed E-state index contributed by atoms with van der Waals surface area (Å²) in [6.45, 7) is 1.30. The number of amidine groups is 1. The lowest BCUT2D eigenvalue weighted by Crippen LogP contribution is -2.25. The van der Waals surface area contributed by atoms with Crippen LogP contribution in [0.2, 0.25) is 5.02 Å². The zero-order chi connectivity index (χ0) is 10.7. The maximum Gasteiger partial charge on any atom is 0.220 e. The molecule has 0 aromatic heterocycles. The zero-order valence-electron chi connectivity index (χ0n) is 7.90. The van der Waals surface area contributed by atoms with Gasteiger partial charge in [-0.3, -0.25) is 0 Å². The van der Waals surface area contributed by atoms with E-state index in [2.05, 4.69) is 9.98 Å². The summed E-state index contributed by atoms with van der Waals surface area (Å²) in [6.07, 6.45) is 1.70. The minimum Gasteiger partial charge on any atom is -0.339 e. The van der Waals surface area contributed by atoms with Crippen LogP contribution < -0.4 is 0 Å². The van der Waals surface area contributed by atoms with E-state index in [4.69, 9.17) is 23.2 Å². The molecule has 1 aromatic rings. The highest BCUT2D eigenvalue weighted by Crippen LogP contribution is 2.11. The standard InChI is InChI=1S/C10H9Cl2N3/c11-9-3-1-8(2-4-9)5-15-6-13-10(12)14-7-15/h1-4,6H,5,7H2. The quantitative estimate of drug-likeness (QED) is 0.733. The Balaban J connectivity index is 1.99. The van der Waals surface area contributed by atoms with Crippen molar-refractivity contribution in [3.8, 4) is 0 Å². The van der Waals surface area contributed by atoms with E-state index in [-0.39, 0.29) is 0 Å². The minimum atomic E-state index is 0.308. The average molecular weight is 242 g/mol. The van der Waals surface area contributed by atoms with Gasteiger partial charge in [-0.2, -0.15) is 0 Å². The lowest BCUT2D eigenvalue weighted by molar-refractivity contribution is 0.435. The van der Waals surface area contributed by atoms with Crippen molar-refractivity contribution < 1.29 is 0 Å². The van der Waals surface area contributed by atoms with E-state index in [0.29, 0.717) is 12.0 Å². The molecule has 1 heterocycles. The Morgan fingerprint density at radius 3 is 2.53 bits per heavy atom. The SMILES string of the molecule is ClC1=NCN(Cc2ccc(Cl)cc2)C=N1. The van der Waals surface area contributed by atoms with Crippen LogP contribution in [0.4, 0.5) is 0 Å². The molecular weight excluding hydrogens is 233 g/mol. The molecule has 0 saturated heterocycles. The summed E-state index contributed by atoms with van der Waals surface area (Å²) >= 11 is 11.4. The molecule has 15 heavy (non-hydrogen) atoms. The molecule has 0 unspecified atom stereocenters. The molecule has 0 bridgehead atoms. The predicted octanol–water partition coefficient (Wildman–Crippen LogP) is 2.74. The summed E-state index contributed by atoms with van der Waals surface area (Å²) in [5.74, 6) is 0. The van der Waals surface area contributed by atoms with Gasteiger partial charge in [-0.1, -0.05) is 23.7 Å². The van der Waals surface area contributed by atoms with E-state index in [1.807, 2.05) is 29.2 Å².